The van der Waals surface area contributed by atoms with Gasteiger partial charge in [0.2, 0.25) is 0 Å². The molecule has 8 heteroatoms. The summed E-state index contributed by atoms with van der Waals surface area (Å²) < 4.78 is 21.8. The maximum absolute atomic E-state index is 14.9. The maximum Gasteiger partial charge on any atom is 0.266 e. The second-order valence-electron chi connectivity index (χ2n) is 8.50. The van der Waals surface area contributed by atoms with E-state index in [-0.39, 0.29) is 22.7 Å². The smallest absolute Gasteiger partial charge is 0.266 e. The van der Waals surface area contributed by atoms with Crippen molar-refractivity contribution in [2.75, 3.05) is 13.2 Å². The lowest BCUT2D eigenvalue weighted by Gasteiger charge is -2.20. The molecule has 0 saturated carbocycles. The third-order valence-electron chi connectivity index (χ3n) is 6.11. The Morgan fingerprint density at radius 1 is 1.29 bits per heavy atom. The lowest BCUT2D eigenvalue weighted by molar-refractivity contribution is 0.301. The molecule has 2 aromatic heterocycles. The molecule has 0 radical (unpaired) electrons. The molecule has 1 atom stereocenters. The SMILES string of the molecule is CCCOc1ccc(-n2c(C3CCCN3)nc3c(-c4cccnc4)cc(C#N)cc3c2=O)cc1F. The lowest BCUT2D eigenvalue weighted by atomic mass is 10.0. The number of hydrogen-bond acceptors (Lipinski definition) is 6. The van der Waals surface area contributed by atoms with Crippen LogP contribution < -0.4 is 15.6 Å². The van der Waals surface area contributed by atoms with E-state index < -0.39 is 5.82 Å². The topological polar surface area (TPSA) is 92.8 Å². The molecule has 0 aliphatic carbocycles. The largest absolute Gasteiger partial charge is 0.491 e. The van der Waals surface area contributed by atoms with E-state index in [0.29, 0.717) is 34.8 Å². The summed E-state index contributed by atoms with van der Waals surface area (Å²) in [5.41, 5.74) is 2.24. The van der Waals surface area contributed by atoms with Gasteiger partial charge in [-0.3, -0.25) is 14.3 Å². The summed E-state index contributed by atoms with van der Waals surface area (Å²) in [5, 5.41) is 13.3. The fourth-order valence-corrected chi connectivity index (χ4v) is 4.46. The molecular formula is C27H24FN5O2. The van der Waals surface area contributed by atoms with E-state index in [2.05, 4.69) is 16.4 Å². The Morgan fingerprint density at radius 2 is 2.17 bits per heavy atom. The molecular weight excluding hydrogens is 445 g/mol. The van der Waals surface area contributed by atoms with Crippen LogP contribution in [0.5, 0.6) is 5.75 Å². The first-order valence-electron chi connectivity index (χ1n) is 11.7. The van der Waals surface area contributed by atoms with Gasteiger partial charge in [-0.15, -0.1) is 0 Å². The molecule has 7 nitrogen and oxygen atoms in total. The molecule has 4 aromatic rings. The Bertz CT molecular complexity index is 1490. The highest BCUT2D eigenvalue weighted by atomic mass is 19.1. The van der Waals surface area contributed by atoms with Crippen molar-refractivity contribution in [2.45, 2.75) is 32.2 Å². The fraction of sp³-hybridized carbons (Fsp3) is 0.259. The molecule has 1 aliphatic heterocycles. The van der Waals surface area contributed by atoms with Gasteiger partial charge < -0.3 is 10.1 Å². The van der Waals surface area contributed by atoms with Crippen LogP contribution >= 0.6 is 0 Å². The molecule has 1 saturated heterocycles. The molecule has 5 rings (SSSR count). The normalized spacial score (nSPS) is 15.3. The number of benzene rings is 2. The van der Waals surface area contributed by atoms with Crippen molar-refractivity contribution in [1.82, 2.24) is 19.9 Å². The monoisotopic (exact) mass is 469 g/mol. The number of nitriles is 1. The van der Waals surface area contributed by atoms with Crippen LogP contribution in [0.1, 0.15) is 43.6 Å². The van der Waals surface area contributed by atoms with E-state index in [9.17, 15) is 14.4 Å². The second kappa shape index (κ2) is 9.65. The summed E-state index contributed by atoms with van der Waals surface area (Å²) in [5.74, 6) is 0.107. The number of pyridine rings is 1. The molecule has 1 N–H and O–H groups in total. The molecule has 0 bridgehead atoms. The molecule has 1 fully saturated rings. The van der Waals surface area contributed by atoms with Crippen molar-refractivity contribution < 1.29 is 9.13 Å². The zero-order valence-corrected chi connectivity index (χ0v) is 19.3. The average molecular weight is 470 g/mol. The number of fused-ring (bicyclic) bond motifs is 1. The summed E-state index contributed by atoms with van der Waals surface area (Å²) >= 11 is 0. The minimum atomic E-state index is -0.546. The molecule has 0 spiro atoms. The number of nitrogens with zero attached hydrogens (tertiary/aromatic N) is 4. The quantitative estimate of drug-likeness (QED) is 0.441. The van der Waals surface area contributed by atoms with Crippen molar-refractivity contribution in [3.05, 3.63) is 82.4 Å². The lowest BCUT2D eigenvalue weighted by Crippen LogP contribution is -2.29. The van der Waals surface area contributed by atoms with Crippen molar-refractivity contribution in [1.29, 1.82) is 5.26 Å². The zero-order chi connectivity index (χ0) is 24.4. The number of halogens is 1. The van der Waals surface area contributed by atoms with Gasteiger partial charge >= 0.3 is 0 Å². The number of hydrogen-bond donors (Lipinski definition) is 1. The number of rotatable bonds is 6. The molecule has 35 heavy (non-hydrogen) atoms. The number of ether oxygens (including phenoxy) is 1. The highest BCUT2D eigenvalue weighted by Crippen LogP contribution is 2.31. The first-order chi connectivity index (χ1) is 17.1. The van der Waals surface area contributed by atoms with Crippen LogP contribution in [0.3, 0.4) is 0 Å². The number of aromatic nitrogens is 3. The van der Waals surface area contributed by atoms with Crippen LogP contribution in [-0.2, 0) is 0 Å². The van der Waals surface area contributed by atoms with Crippen LogP contribution in [0.2, 0.25) is 0 Å². The first kappa shape index (κ1) is 22.7. The van der Waals surface area contributed by atoms with Crippen LogP contribution in [0.25, 0.3) is 27.7 Å². The van der Waals surface area contributed by atoms with E-state index in [4.69, 9.17) is 9.72 Å². The van der Waals surface area contributed by atoms with Gasteiger partial charge in [0.05, 0.1) is 40.9 Å². The van der Waals surface area contributed by atoms with Crippen LogP contribution in [-0.4, -0.2) is 27.7 Å². The van der Waals surface area contributed by atoms with E-state index in [0.717, 1.165) is 31.4 Å². The minimum absolute atomic E-state index is 0.142. The van der Waals surface area contributed by atoms with Gasteiger partial charge in [0, 0.05) is 29.6 Å². The van der Waals surface area contributed by atoms with E-state index in [1.54, 1.807) is 36.7 Å². The van der Waals surface area contributed by atoms with E-state index in [1.165, 1.54) is 16.7 Å². The molecule has 1 aliphatic rings. The summed E-state index contributed by atoms with van der Waals surface area (Å²) in [7, 11) is 0. The van der Waals surface area contributed by atoms with Gasteiger partial charge in [-0.05, 0) is 56.1 Å². The third kappa shape index (κ3) is 4.27. The molecule has 0 amide bonds. The Hall–Kier alpha value is -4.09. The van der Waals surface area contributed by atoms with Crippen molar-refractivity contribution >= 4 is 10.9 Å². The van der Waals surface area contributed by atoms with Crippen molar-refractivity contribution in [3.63, 3.8) is 0 Å². The van der Waals surface area contributed by atoms with Gasteiger partial charge in [-0.2, -0.15) is 5.26 Å². The number of nitrogens with one attached hydrogen (secondary N) is 1. The van der Waals surface area contributed by atoms with E-state index >= 15 is 0 Å². The standard InChI is InChI=1S/C27H24FN5O2/c1-2-11-35-24-8-7-19(14-22(24)28)33-26(23-6-4-10-31-23)32-25-20(18-5-3-9-30-16-18)12-17(15-29)13-21(25)27(33)34/h3,5,7-9,12-14,16,23,31H,2,4,6,10-11H2,1H3. The van der Waals surface area contributed by atoms with Crippen molar-refractivity contribution in [3.8, 4) is 28.6 Å². The van der Waals surface area contributed by atoms with Crippen LogP contribution in [0.15, 0.2) is 59.7 Å². The van der Waals surface area contributed by atoms with Crippen LogP contribution in [0, 0.1) is 17.1 Å². The maximum atomic E-state index is 14.9. The predicted octanol–water partition coefficient (Wildman–Crippen LogP) is 4.67. The Kier molecular flexibility index (Phi) is 6.25. The third-order valence-corrected chi connectivity index (χ3v) is 6.11. The predicted molar refractivity (Wildman–Crippen MR) is 131 cm³/mol. The van der Waals surface area contributed by atoms with Crippen LogP contribution in [0.4, 0.5) is 4.39 Å². The fourth-order valence-electron chi connectivity index (χ4n) is 4.46. The van der Waals surface area contributed by atoms with Gasteiger partial charge in [0.15, 0.2) is 11.6 Å². The highest BCUT2D eigenvalue weighted by molar-refractivity contribution is 5.94. The van der Waals surface area contributed by atoms with Gasteiger partial charge in [0.1, 0.15) is 5.82 Å². The highest BCUT2D eigenvalue weighted by Gasteiger charge is 2.25. The summed E-state index contributed by atoms with van der Waals surface area (Å²) in [6.45, 7) is 3.15. The molecule has 176 valence electrons. The van der Waals surface area contributed by atoms with Crippen molar-refractivity contribution in [2.24, 2.45) is 0 Å². The minimum Gasteiger partial charge on any atom is -0.491 e. The summed E-state index contributed by atoms with van der Waals surface area (Å²) in [4.78, 5) is 23.1. The Balaban J connectivity index is 1.79. The van der Waals surface area contributed by atoms with Gasteiger partial charge in [-0.25, -0.2) is 9.37 Å². The second-order valence-corrected chi connectivity index (χ2v) is 8.50. The average Bonchev–Trinajstić information content (AvgIpc) is 3.43. The molecule has 2 aromatic carbocycles. The zero-order valence-electron chi connectivity index (χ0n) is 19.3. The molecule has 3 heterocycles. The van der Waals surface area contributed by atoms with E-state index in [1.807, 2.05) is 13.0 Å². The molecule has 1 unspecified atom stereocenters. The Labute approximate surface area is 201 Å². The summed E-state index contributed by atoms with van der Waals surface area (Å²) in [6.07, 6.45) is 5.85. The van der Waals surface area contributed by atoms with Gasteiger partial charge in [-0.1, -0.05) is 13.0 Å². The first-order valence-corrected chi connectivity index (χ1v) is 11.7. The Morgan fingerprint density at radius 3 is 2.86 bits per heavy atom. The van der Waals surface area contributed by atoms with Gasteiger partial charge in [0.25, 0.3) is 5.56 Å². The summed E-state index contributed by atoms with van der Waals surface area (Å²) in [6, 6.07) is 13.4.